The fourth-order valence-corrected chi connectivity index (χ4v) is 3.72. The van der Waals surface area contributed by atoms with Gasteiger partial charge in [0.2, 0.25) is 0 Å². The molecule has 3 saturated heterocycles. The van der Waals surface area contributed by atoms with Gasteiger partial charge in [0, 0.05) is 24.6 Å². The van der Waals surface area contributed by atoms with Crippen molar-refractivity contribution in [3.63, 3.8) is 0 Å². The number of fused-ring (bicyclic) bond motifs is 3. The SMILES string of the molecule is O=C(O)/C=C\C(=O)O.c1ccc(C(O/N=C2/CN3CCC2CC3)c2ccccc2)cc1. The molecular weight excluding hydrogens is 396 g/mol. The third kappa shape index (κ3) is 6.79. The summed E-state index contributed by atoms with van der Waals surface area (Å²) in [5.74, 6) is -1.90. The Labute approximate surface area is 181 Å². The lowest BCUT2D eigenvalue weighted by Gasteiger charge is -2.39. The topological polar surface area (TPSA) is 99.4 Å². The molecule has 0 aromatic heterocycles. The van der Waals surface area contributed by atoms with E-state index in [1.54, 1.807) is 0 Å². The van der Waals surface area contributed by atoms with Crippen molar-refractivity contribution in [3.05, 3.63) is 83.9 Å². The molecule has 2 aromatic rings. The molecule has 7 nitrogen and oxygen atoms in total. The number of piperidine rings is 3. The fourth-order valence-electron chi connectivity index (χ4n) is 3.72. The van der Waals surface area contributed by atoms with Gasteiger partial charge in [-0.2, -0.15) is 0 Å². The Balaban J connectivity index is 0.000000293. The van der Waals surface area contributed by atoms with Gasteiger partial charge in [-0.1, -0.05) is 65.8 Å². The van der Waals surface area contributed by atoms with Crippen LogP contribution in [0.2, 0.25) is 0 Å². The van der Waals surface area contributed by atoms with Crippen LogP contribution < -0.4 is 0 Å². The zero-order valence-corrected chi connectivity index (χ0v) is 17.1. The van der Waals surface area contributed by atoms with E-state index in [1.807, 2.05) is 12.1 Å². The number of nitrogens with zero attached hydrogens (tertiary/aromatic N) is 2. The predicted molar refractivity (Wildman–Crippen MR) is 117 cm³/mol. The van der Waals surface area contributed by atoms with E-state index < -0.39 is 11.9 Å². The molecule has 2 aromatic carbocycles. The van der Waals surface area contributed by atoms with E-state index in [9.17, 15) is 9.59 Å². The lowest BCUT2D eigenvalue weighted by Crippen LogP contribution is -2.48. The standard InChI is InChI=1S/C20H22N2O.C4H4O4/c1-3-7-17(8-4-1)20(18-9-5-2-6-10-18)23-21-19-15-22-13-11-16(19)12-14-22;5-3(6)1-2-4(7)8/h1-10,16,20H,11-15H2;1-2H,(H,5,6)(H,7,8)/b21-19-;2-1-. The summed E-state index contributed by atoms with van der Waals surface area (Å²) in [5.41, 5.74) is 3.51. The monoisotopic (exact) mass is 422 g/mol. The molecule has 2 N–H and O–H groups in total. The number of aliphatic carboxylic acids is 2. The van der Waals surface area contributed by atoms with Crippen molar-refractivity contribution in [2.45, 2.75) is 18.9 Å². The second kappa shape index (κ2) is 11.1. The molecule has 0 saturated carbocycles. The van der Waals surface area contributed by atoms with E-state index in [0.29, 0.717) is 18.1 Å². The van der Waals surface area contributed by atoms with E-state index in [0.717, 1.165) is 17.7 Å². The third-order valence-corrected chi connectivity index (χ3v) is 5.29. The van der Waals surface area contributed by atoms with Crippen molar-refractivity contribution in [2.24, 2.45) is 11.1 Å². The largest absolute Gasteiger partial charge is 0.478 e. The van der Waals surface area contributed by atoms with Gasteiger partial charge in [0.15, 0.2) is 6.10 Å². The zero-order valence-electron chi connectivity index (χ0n) is 17.1. The first-order valence-electron chi connectivity index (χ1n) is 10.2. The van der Waals surface area contributed by atoms with Gasteiger partial charge in [0.05, 0.1) is 5.71 Å². The zero-order chi connectivity index (χ0) is 22.1. The summed E-state index contributed by atoms with van der Waals surface area (Å²) in [4.78, 5) is 27.6. The second-order valence-electron chi connectivity index (χ2n) is 7.45. The Kier molecular flexibility index (Phi) is 7.95. The number of benzene rings is 2. The molecule has 3 aliphatic rings. The maximum atomic E-state index is 9.55. The van der Waals surface area contributed by atoms with Crippen LogP contribution >= 0.6 is 0 Å². The highest BCUT2D eigenvalue weighted by Crippen LogP contribution is 2.29. The lowest BCUT2D eigenvalue weighted by atomic mass is 9.87. The molecule has 0 aliphatic carbocycles. The molecule has 7 heteroatoms. The molecule has 0 amide bonds. The van der Waals surface area contributed by atoms with Gasteiger partial charge < -0.3 is 15.1 Å². The molecule has 3 heterocycles. The summed E-state index contributed by atoms with van der Waals surface area (Å²) in [7, 11) is 0. The van der Waals surface area contributed by atoms with Crippen LogP contribution in [-0.4, -0.2) is 52.4 Å². The minimum absolute atomic E-state index is 0.139. The Morgan fingerprint density at radius 2 is 1.39 bits per heavy atom. The van der Waals surface area contributed by atoms with E-state index in [4.69, 9.17) is 15.1 Å². The van der Waals surface area contributed by atoms with Crippen LogP contribution in [0.5, 0.6) is 0 Å². The van der Waals surface area contributed by atoms with Crippen molar-refractivity contribution < 1.29 is 24.6 Å². The highest BCUT2D eigenvalue weighted by atomic mass is 16.6. The molecular formula is C24H26N2O5. The number of oxime groups is 1. The third-order valence-electron chi connectivity index (χ3n) is 5.29. The van der Waals surface area contributed by atoms with Crippen LogP contribution in [0.4, 0.5) is 0 Å². The molecule has 3 aliphatic heterocycles. The number of hydrogen-bond donors (Lipinski definition) is 2. The number of carbonyl (C=O) groups is 2. The quantitative estimate of drug-likeness (QED) is 0.545. The van der Waals surface area contributed by atoms with Crippen molar-refractivity contribution in [3.8, 4) is 0 Å². The van der Waals surface area contributed by atoms with Gasteiger partial charge >= 0.3 is 11.9 Å². The van der Waals surface area contributed by atoms with Crippen molar-refractivity contribution >= 4 is 17.7 Å². The maximum Gasteiger partial charge on any atom is 0.328 e. The highest BCUT2D eigenvalue weighted by molar-refractivity contribution is 5.90. The van der Waals surface area contributed by atoms with Gasteiger partial charge in [0.1, 0.15) is 0 Å². The van der Waals surface area contributed by atoms with E-state index in [2.05, 4.69) is 58.6 Å². The molecule has 3 fully saturated rings. The van der Waals surface area contributed by atoms with Gasteiger partial charge in [-0.15, -0.1) is 0 Å². The van der Waals surface area contributed by atoms with E-state index in [1.165, 1.54) is 31.6 Å². The van der Waals surface area contributed by atoms with E-state index >= 15 is 0 Å². The first kappa shape index (κ1) is 22.2. The molecule has 0 spiro atoms. The van der Waals surface area contributed by atoms with Crippen LogP contribution in [0.3, 0.4) is 0 Å². The first-order valence-corrected chi connectivity index (χ1v) is 10.2. The number of carboxylic acids is 2. The summed E-state index contributed by atoms with van der Waals surface area (Å²) >= 11 is 0. The van der Waals surface area contributed by atoms with Gasteiger partial charge in [-0.25, -0.2) is 9.59 Å². The fraction of sp³-hybridized carbons (Fsp3) is 0.292. The van der Waals surface area contributed by atoms with Crippen molar-refractivity contribution in [2.75, 3.05) is 19.6 Å². The molecule has 2 bridgehead atoms. The smallest absolute Gasteiger partial charge is 0.328 e. The Bertz CT molecular complexity index is 864. The first-order chi connectivity index (χ1) is 15.0. The predicted octanol–water partition coefficient (Wildman–Crippen LogP) is 3.59. The molecule has 162 valence electrons. The number of carboxylic acid groups (broad SMARTS) is 2. The van der Waals surface area contributed by atoms with Crippen LogP contribution in [0.15, 0.2) is 78.0 Å². The average molecular weight is 422 g/mol. The summed E-state index contributed by atoms with van der Waals surface area (Å²) < 4.78 is 0. The number of rotatable bonds is 6. The minimum Gasteiger partial charge on any atom is -0.478 e. The molecule has 0 atom stereocenters. The Morgan fingerprint density at radius 1 is 0.903 bits per heavy atom. The van der Waals surface area contributed by atoms with Gasteiger partial charge in [-0.05, 0) is 37.1 Å². The number of hydrogen-bond acceptors (Lipinski definition) is 5. The Morgan fingerprint density at radius 3 is 1.77 bits per heavy atom. The Hall–Kier alpha value is -3.45. The van der Waals surface area contributed by atoms with Crippen molar-refractivity contribution in [1.82, 2.24) is 4.90 Å². The minimum atomic E-state index is -1.26. The maximum absolute atomic E-state index is 9.55. The molecule has 0 radical (unpaired) electrons. The summed E-state index contributed by atoms with van der Waals surface area (Å²) in [6.45, 7) is 3.40. The van der Waals surface area contributed by atoms with Gasteiger partial charge in [0.25, 0.3) is 0 Å². The molecule has 5 rings (SSSR count). The van der Waals surface area contributed by atoms with Crippen LogP contribution in [0.1, 0.15) is 30.1 Å². The average Bonchev–Trinajstić information content (AvgIpc) is 2.80. The second-order valence-corrected chi connectivity index (χ2v) is 7.45. The van der Waals surface area contributed by atoms with E-state index in [-0.39, 0.29) is 6.10 Å². The van der Waals surface area contributed by atoms with Crippen LogP contribution in [0, 0.1) is 5.92 Å². The lowest BCUT2D eigenvalue weighted by molar-refractivity contribution is -0.134. The summed E-state index contributed by atoms with van der Waals surface area (Å²) in [6.07, 6.45) is 3.43. The summed E-state index contributed by atoms with van der Waals surface area (Å²) in [5, 5.41) is 20.2. The molecule has 0 unspecified atom stereocenters. The highest BCUT2D eigenvalue weighted by Gasteiger charge is 2.31. The van der Waals surface area contributed by atoms with Crippen molar-refractivity contribution in [1.29, 1.82) is 0 Å². The van der Waals surface area contributed by atoms with Crippen LogP contribution in [-0.2, 0) is 14.4 Å². The van der Waals surface area contributed by atoms with Crippen LogP contribution in [0.25, 0.3) is 0 Å². The summed E-state index contributed by atoms with van der Waals surface area (Å²) in [6, 6.07) is 20.7. The van der Waals surface area contributed by atoms with Gasteiger partial charge in [-0.3, -0.25) is 4.90 Å². The normalized spacial score (nSPS) is 21.0. The molecule has 31 heavy (non-hydrogen) atoms.